The lowest BCUT2D eigenvalue weighted by atomic mass is 9.76. The van der Waals surface area contributed by atoms with E-state index in [1.165, 1.54) is 55.5 Å². The zero-order valence-corrected chi connectivity index (χ0v) is 18.9. The maximum atomic E-state index is 2.42. The van der Waals surface area contributed by atoms with E-state index < -0.39 is 0 Å². The molecule has 1 aliphatic carbocycles. The third-order valence-corrected chi connectivity index (χ3v) is 7.00. The molecular formula is C29H30N+. The van der Waals surface area contributed by atoms with Gasteiger partial charge in [-0.05, 0) is 47.2 Å². The second kappa shape index (κ2) is 6.54. The largest absolute Gasteiger partial charge is 0.217 e. The monoisotopic (exact) mass is 392 g/mol. The zero-order valence-electron chi connectivity index (χ0n) is 18.9. The van der Waals surface area contributed by atoms with Crippen LogP contribution in [-0.2, 0) is 12.5 Å². The molecule has 0 unspecified atom stereocenters. The standard InChI is InChI=1S/C29H30N/c1-18(2)20-15-11-16-23-25-22-14-9-10-17-24(22)30(6)28(21-13-8-7-12-19(21)3)27(25)29(4,5)26(20)23/h7-18H,1-6H3/q+1. The Balaban J connectivity index is 2.03. The quantitative estimate of drug-likeness (QED) is 0.321. The van der Waals surface area contributed by atoms with Gasteiger partial charge in [-0.2, -0.15) is 4.57 Å². The average Bonchev–Trinajstić information content (AvgIpc) is 2.97. The number of rotatable bonds is 2. The Bertz CT molecular complexity index is 1310. The van der Waals surface area contributed by atoms with Gasteiger partial charge in [0.1, 0.15) is 7.05 Å². The van der Waals surface area contributed by atoms with Crippen LogP contribution in [0.15, 0.2) is 66.7 Å². The van der Waals surface area contributed by atoms with Crippen molar-refractivity contribution in [3.8, 4) is 22.4 Å². The van der Waals surface area contributed by atoms with Crippen molar-refractivity contribution >= 4 is 10.9 Å². The van der Waals surface area contributed by atoms with Crippen LogP contribution in [0.25, 0.3) is 33.3 Å². The van der Waals surface area contributed by atoms with Crippen LogP contribution in [0.2, 0.25) is 0 Å². The number of aryl methyl sites for hydroxylation is 2. The van der Waals surface area contributed by atoms with Gasteiger partial charge in [0.15, 0.2) is 0 Å². The molecule has 0 amide bonds. The van der Waals surface area contributed by atoms with Crippen LogP contribution >= 0.6 is 0 Å². The molecule has 1 nitrogen and oxygen atoms in total. The van der Waals surface area contributed by atoms with Crippen molar-refractivity contribution in [2.75, 3.05) is 0 Å². The maximum Gasteiger partial charge on any atom is 0.217 e. The van der Waals surface area contributed by atoms with Crippen LogP contribution in [0, 0.1) is 6.92 Å². The smallest absolute Gasteiger partial charge is 0.194 e. The molecule has 3 aromatic carbocycles. The van der Waals surface area contributed by atoms with Gasteiger partial charge in [-0.1, -0.05) is 76.2 Å². The van der Waals surface area contributed by atoms with E-state index in [0.29, 0.717) is 5.92 Å². The number of nitrogens with zero attached hydrogens (tertiary/aromatic N) is 1. The highest BCUT2D eigenvalue weighted by atomic mass is 14.9. The predicted molar refractivity (Wildman–Crippen MR) is 127 cm³/mol. The van der Waals surface area contributed by atoms with Gasteiger partial charge < -0.3 is 0 Å². The number of aromatic nitrogens is 1. The zero-order chi connectivity index (χ0) is 21.2. The molecule has 5 rings (SSSR count). The fourth-order valence-corrected chi connectivity index (χ4v) is 5.64. The Hall–Kier alpha value is -2.93. The van der Waals surface area contributed by atoms with Crippen molar-refractivity contribution < 1.29 is 4.57 Å². The summed E-state index contributed by atoms with van der Waals surface area (Å²) in [6.45, 7) is 11.7. The first kappa shape index (κ1) is 19.1. The molecule has 0 fully saturated rings. The first-order valence-corrected chi connectivity index (χ1v) is 11.0. The van der Waals surface area contributed by atoms with Gasteiger partial charge in [0.2, 0.25) is 11.2 Å². The fraction of sp³-hybridized carbons (Fsp3) is 0.276. The van der Waals surface area contributed by atoms with Crippen molar-refractivity contribution in [2.45, 2.75) is 46.0 Å². The summed E-state index contributed by atoms with van der Waals surface area (Å²) in [6.07, 6.45) is 0. The average molecular weight is 393 g/mol. The molecule has 0 N–H and O–H groups in total. The van der Waals surface area contributed by atoms with Crippen LogP contribution in [-0.4, -0.2) is 0 Å². The third kappa shape index (κ3) is 2.45. The van der Waals surface area contributed by atoms with E-state index in [0.717, 1.165) is 0 Å². The van der Waals surface area contributed by atoms with Gasteiger partial charge in [-0.15, -0.1) is 0 Å². The molecule has 0 aliphatic heterocycles. The van der Waals surface area contributed by atoms with Crippen molar-refractivity contribution in [2.24, 2.45) is 7.05 Å². The minimum atomic E-state index is -0.0645. The molecule has 1 heteroatoms. The normalized spacial score (nSPS) is 14.2. The highest BCUT2D eigenvalue weighted by Gasteiger charge is 2.44. The lowest BCUT2D eigenvalue weighted by molar-refractivity contribution is -0.634. The third-order valence-electron chi connectivity index (χ3n) is 7.00. The molecule has 1 aromatic heterocycles. The van der Waals surface area contributed by atoms with E-state index in [1.54, 1.807) is 0 Å². The van der Waals surface area contributed by atoms with Gasteiger partial charge in [0.25, 0.3) is 0 Å². The van der Waals surface area contributed by atoms with Crippen molar-refractivity contribution in [1.29, 1.82) is 0 Å². The van der Waals surface area contributed by atoms with Gasteiger partial charge in [0, 0.05) is 28.2 Å². The van der Waals surface area contributed by atoms with E-state index in [2.05, 4.69) is 113 Å². The summed E-state index contributed by atoms with van der Waals surface area (Å²) in [5.41, 5.74) is 12.5. The van der Waals surface area contributed by atoms with Crippen molar-refractivity contribution in [3.05, 3.63) is 89.0 Å². The van der Waals surface area contributed by atoms with Gasteiger partial charge in [-0.25, -0.2) is 0 Å². The molecule has 0 saturated heterocycles. The molecule has 0 bridgehead atoms. The molecule has 4 aromatic rings. The lowest BCUT2D eigenvalue weighted by Gasteiger charge is -2.26. The highest BCUT2D eigenvalue weighted by Crippen LogP contribution is 2.55. The Kier molecular flexibility index (Phi) is 4.15. The van der Waals surface area contributed by atoms with Crippen LogP contribution in [0.5, 0.6) is 0 Å². The first-order valence-electron chi connectivity index (χ1n) is 11.0. The van der Waals surface area contributed by atoms with Crippen LogP contribution in [0.3, 0.4) is 0 Å². The molecule has 0 radical (unpaired) electrons. The van der Waals surface area contributed by atoms with Crippen LogP contribution < -0.4 is 4.57 Å². The predicted octanol–water partition coefficient (Wildman–Crippen LogP) is 7.07. The number of pyridine rings is 1. The molecule has 1 aliphatic rings. The van der Waals surface area contributed by atoms with Gasteiger partial charge in [0.05, 0.1) is 5.39 Å². The number of hydrogen-bond acceptors (Lipinski definition) is 0. The lowest BCUT2D eigenvalue weighted by Crippen LogP contribution is -2.36. The Labute approximate surface area is 180 Å². The van der Waals surface area contributed by atoms with Gasteiger partial charge >= 0.3 is 0 Å². The molecule has 1 heterocycles. The molecule has 150 valence electrons. The maximum absolute atomic E-state index is 2.42. The van der Waals surface area contributed by atoms with E-state index >= 15 is 0 Å². The summed E-state index contributed by atoms with van der Waals surface area (Å²) in [6, 6.07) is 24.6. The molecule has 0 atom stereocenters. The molecule has 30 heavy (non-hydrogen) atoms. The second-order valence-corrected chi connectivity index (χ2v) is 9.54. The number of benzene rings is 3. The molecule has 0 spiro atoms. The van der Waals surface area contributed by atoms with E-state index in [9.17, 15) is 0 Å². The Morgan fingerprint density at radius 1 is 0.767 bits per heavy atom. The fourth-order valence-electron chi connectivity index (χ4n) is 5.64. The van der Waals surface area contributed by atoms with Crippen LogP contribution in [0.1, 0.15) is 55.9 Å². The summed E-state index contributed by atoms with van der Waals surface area (Å²) in [5, 5.41) is 1.35. The number of para-hydroxylation sites is 1. The van der Waals surface area contributed by atoms with Crippen molar-refractivity contribution in [3.63, 3.8) is 0 Å². The number of hydrogen-bond donors (Lipinski definition) is 0. The summed E-state index contributed by atoms with van der Waals surface area (Å²) in [4.78, 5) is 0. The summed E-state index contributed by atoms with van der Waals surface area (Å²) in [7, 11) is 2.23. The second-order valence-electron chi connectivity index (χ2n) is 9.54. The van der Waals surface area contributed by atoms with E-state index in [4.69, 9.17) is 0 Å². The summed E-state index contributed by atoms with van der Waals surface area (Å²) >= 11 is 0. The van der Waals surface area contributed by atoms with Gasteiger partial charge in [-0.3, -0.25) is 0 Å². The highest BCUT2D eigenvalue weighted by molar-refractivity contribution is 6.02. The van der Waals surface area contributed by atoms with Crippen molar-refractivity contribution in [1.82, 2.24) is 0 Å². The topological polar surface area (TPSA) is 3.88 Å². The Morgan fingerprint density at radius 2 is 1.43 bits per heavy atom. The molecular weight excluding hydrogens is 362 g/mol. The van der Waals surface area contributed by atoms with Crippen LogP contribution in [0.4, 0.5) is 0 Å². The number of fused-ring (bicyclic) bond motifs is 5. The SMILES string of the molecule is Cc1ccccc1-c1c2c(c3ccccc3[n+]1C)-c1cccc(C(C)C)c1C2(C)C. The Morgan fingerprint density at radius 3 is 2.17 bits per heavy atom. The summed E-state index contributed by atoms with van der Waals surface area (Å²) < 4.78 is 2.42. The first-order chi connectivity index (χ1) is 14.3. The summed E-state index contributed by atoms with van der Waals surface area (Å²) in [5.74, 6) is 0.496. The van der Waals surface area contributed by atoms with E-state index in [-0.39, 0.29) is 5.41 Å². The molecule has 0 saturated carbocycles. The minimum Gasteiger partial charge on any atom is -0.194 e. The van der Waals surface area contributed by atoms with E-state index in [1.807, 2.05) is 0 Å². The minimum absolute atomic E-state index is 0.0645.